The number of sulfonamides is 1. The molecule has 0 radical (unpaired) electrons. The van der Waals surface area contributed by atoms with Gasteiger partial charge in [-0.25, -0.2) is 8.42 Å². The quantitative estimate of drug-likeness (QED) is 0.541. The lowest BCUT2D eigenvalue weighted by Crippen LogP contribution is -2.58. The first-order chi connectivity index (χ1) is 14.7. The third-order valence-electron chi connectivity index (χ3n) is 7.56. The number of carbonyl (C=O) groups excluding carboxylic acids is 2. The van der Waals surface area contributed by atoms with E-state index in [4.69, 9.17) is 40.5 Å². The van der Waals surface area contributed by atoms with Gasteiger partial charge in [0.2, 0.25) is 15.9 Å². The summed E-state index contributed by atoms with van der Waals surface area (Å²) in [5, 5.41) is -0.0371. The van der Waals surface area contributed by atoms with Crippen LogP contribution in [0.2, 0.25) is 15.1 Å². The molecule has 5 rings (SSSR count). The largest absolute Gasteiger partial charge is 0.369 e. The van der Waals surface area contributed by atoms with Crippen LogP contribution in [0.5, 0.6) is 0 Å². The lowest BCUT2D eigenvalue weighted by Gasteiger charge is -2.61. The molecular formula is C22H27Cl3N2O4S. The number of rotatable bonds is 7. The van der Waals surface area contributed by atoms with E-state index in [1.807, 2.05) is 0 Å². The van der Waals surface area contributed by atoms with Gasteiger partial charge in [0.05, 0.1) is 21.0 Å². The lowest BCUT2D eigenvalue weighted by molar-refractivity contribution is -0.158. The molecule has 4 bridgehead atoms. The molecule has 1 aromatic carbocycles. The molecule has 3 N–H and O–H groups in total. The lowest BCUT2D eigenvalue weighted by atomic mass is 9.43. The first-order valence-corrected chi connectivity index (χ1v) is 13.3. The summed E-state index contributed by atoms with van der Waals surface area (Å²) in [7, 11) is -4.20. The Hall–Kier alpha value is -0.860. The van der Waals surface area contributed by atoms with Crippen molar-refractivity contribution in [3.8, 4) is 0 Å². The SMILES string of the molecule is CC(C)(NS(=O)(=O)c1c(Cl)cc(Cl)cc1Cl)C(=O)CC12CC3CC(C1)CC(C(N)=O)(C3)C2. The van der Waals surface area contributed by atoms with Crippen molar-refractivity contribution >= 4 is 56.5 Å². The smallest absolute Gasteiger partial charge is 0.244 e. The molecule has 10 heteroatoms. The van der Waals surface area contributed by atoms with Crippen LogP contribution in [-0.2, 0) is 19.6 Å². The minimum absolute atomic E-state index is 0.122. The molecule has 176 valence electrons. The maximum Gasteiger partial charge on any atom is 0.244 e. The Bertz CT molecular complexity index is 1070. The van der Waals surface area contributed by atoms with Crippen LogP contribution in [0.3, 0.4) is 0 Å². The minimum atomic E-state index is -4.20. The summed E-state index contributed by atoms with van der Waals surface area (Å²) in [6.07, 6.45) is 5.24. The predicted octanol–water partition coefficient (Wildman–Crippen LogP) is 4.73. The molecule has 2 atom stereocenters. The fourth-order valence-corrected chi connectivity index (χ4v) is 9.68. The second-order valence-electron chi connectivity index (χ2n) is 10.6. The summed E-state index contributed by atoms with van der Waals surface area (Å²) in [6, 6.07) is 2.58. The van der Waals surface area contributed by atoms with Gasteiger partial charge < -0.3 is 5.73 Å². The Labute approximate surface area is 203 Å². The van der Waals surface area contributed by atoms with Crippen LogP contribution in [-0.4, -0.2) is 25.6 Å². The number of ketones is 1. The van der Waals surface area contributed by atoms with E-state index in [1.165, 1.54) is 26.0 Å². The van der Waals surface area contributed by atoms with Gasteiger partial charge in [0.25, 0.3) is 0 Å². The van der Waals surface area contributed by atoms with Crippen LogP contribution < -0.4 is 10.5 Å². The van der Waals surface area contributed by atoms with E-state index >= 15 is 0 Å². The monoisotopic (exact) mass is 520 g/mol. The Kier molecular flexibility index (Phi) is 5.95. The number of primary amides is 1. The van der Waals surface area contributed by atoms with Gasteiger partial charge in [-0.2, -0.15) is 4.72 Å². The van der Waals surface area contributed by atoms with E-state index in [1.54, 1.807) is 0 Å². The van der Waals surface area contributed by atoms with Crippen LogP contribution in [0.15, 0.2) is 17.0 Å². The van der Waals surface area contributed by atoms with Gasteiger partial charge in [0.15, 0.2) is 5.78 Å². The zero-order valence-electron chi connectivity index (χ0n) is 18.0. The minimum Gasteiger partial charge on any atom is -0.369 e. The number of nitrogens with one attached hydrogen (secondary N) is 1. The average molecular weight is 522 g/mol. The van der Waals surface area contributed by atoms with Crippen LogP contribution in [0, 0.1) is 22.7 Å². The Morgan fingerprint density at radius 3 is 2.12 bits per heavy atom. The second-order valence-corrected chi connectivity index (χ2v) is 13.5. The highest BCUT2D eigenvalue weighted by molar-refractivity contribution is 7.89. The molecule has 4 saturated carbocycles. The molecular weight excluding hydrogens is 495 g/mol. The summed E-state index contributed by atoms with van der Waals surface area (Å²) in [6.45, 7) is 3.07. The van der Waals surface area contributed by atoms with Crippen molar-refractivity contribution in [2.24, 2.45) is 28.4 Å². The van der Waals surface area contributed by atoms with Crippen molar-refractivity contribution in [3.05, 3.63) is 27.2 Å². The van der Waals surface area contributed by atoms with Gasteiger partial charge in [-0.05, 0) is 81.8 Å². The van der Waals surface area contributed by atoms with Crippen LogP contribution in [0.1, 0.15) is 58.8 Å². The molecule has 0 aromatic heterocycles. The number of amides is 1. The molecule has 0 aliphatic heterocycles. The van der Waals surface area contributed by atoms with Gasteiger partial charge in [0.1, 0.15) is 4.90 Å². The zero-order chi connectivity index (χ0) is 23.7. The molecule has 6 nitrogen and oxygen atoms in total. The molecule has 4 aliphatic carbocycles. The Morgan fingerprint density at radius 1 is 1.09 bits per heavy atom. The topological polar surface area (TPSA) is 106 Å². The number of carbonyl (C=O) groups is 2. The summed E-state index contributed by atoms with van der Waals surface area (Å²) in [5.74, 6) is 0.283. The first-order valence-electron chi connectivity index (χ1n) is 10.7. The van der Waals surface area contributed by atoms with Crippen molar-refractivity contribution in [1.29, 1.82) is 0 Å². The van der Waals surface area contributed by atoms with Gasteiger partial charge in [-0.1, -0.05) is 34.8 Å². The molecule has 2 unspecified atom stereocenters. The standard InChI is InChI=1S/C22H27Cl3N2O4S/c1-20(2,27-32(30,31)18-15(24)4-14(23)5-16(18)25)17(28)10-21-6-12-3-13(7-21)9-22(8-12,11-21)19(26)29/h4-5,12-13,27H,3,6-11H2,1-2H3,(H2,26,29). The molecule has 1 aromatic rings. The third kappa shape index (κ3) is 4.20. The molecule has 0 spiro atoms. The molecule has 0 saturated heterocycles. The van der Waals surface area contributed by atoms with Crippen LogP contribution in [0.25, 0.3) is 0 Å². The second kappa shape index (κ2) is 7.84. The zero-order valence-corrected chi connectivity index (χ0v) is 21.1. The van der Waals surface area contributed by atoms with E-state index < -0.39 is 21.0 Å². The number of hydrogen-bond acceptors (Lipinski definition) is 4. The van der Waals surface area contributed by atoms with E-state index in [2.05, 4.69) is 4.72 Å². The fourth-order valence-electron chi connectivity index (χ4n) is 6.74. The molecule has 32 heavy (non-hydrogen) atoms. The summed E-state index contributed by atoms with van der Waals surface area (Å²) in [5.41, 5.74) is 3.57. The summed E-state index contributed by atoms with van der Waals surface area (Å²) < 4.78 is 28.6. The van der Waals surface area contributed by atoms with Gasteiger partial charge in [-0.15, -0.1) is 0 Å². The van der Waals surface area contributed by atoms with Crippen molar-refractivity contribution in [1.82, 2.24) is 4.72 Å². The maximum atomic E-state index is 13.4. The van der Waals surface area contributed by atoms with Crippen LogP contribution in [0.4, 0.5) is 0 Å². The van der Waals surface area contributed by atoms with E-state index in [-0.39, 0.29) is 43.5 Å². The van der Waals surface area contributed by atoms with Crippen molar-refractivity contribution in [2.75, 3.05) is 0 Å². The van der Waals surface area contributed by atoms with Crippen molar-refractivity contribution in [2.45, 2.75) is 69.2 Å². The molecule has 4 aliphatic rings. The van der Waals surface area contributed by atoms with Gasteiger partial charge >= 0.3 is 0 Å². The molecule has 4 fully saturated rings. The Balaban J connectivity index is 1.57. The van der Waals surface area contributed by atoms with Crippen molar-refractivity contribution in [3.63, 3.8) is 0 Å². The maximum absolute atomic E-state index is 13.4. The van der Waals surface area contributed by atoms with Gasteiger partial charge in [-0.3, -0.25) is 9.59 Å². The van der Waals surface area contributed by atoms with E-state index in [0.29, 0.717) is 18.3 Å². The normalized spacial score (nSPS) is 31.7. The van der Waals surface area contributed by atoms with Crippen LogP contribution >= 0.6 is 34.8 Å². The number of Topliss-reactive ketones (excluding diaryl/α,β-unsaturated/α-hetero) is 1. The average Bonchev–Trinajstić information content (AvgIpc) is 2.57. The summed E-state index contributed by atoms with van der Waals surface area (Å²) >= 11 is 18.1. The highest BCUT2D eigenvalue weighted by Crippen LogP contribution is 2.66. The number of nitrogens with two attached hydrogens (primary N) is 1. The number of hydrogen-bond donors (Lipinski definition) is 2. The first kappa shape index (κ1) is 24.3. The molecule has 1 amide bonds. The highest BCUT2D eigenvalue weighted by Gasteiger charge is 2.60. The van der Waals surface area contributed by atoms with E-state index in [9.17, 15) is 18.0 Å². The molecule has 0 heterocycles. The highest BCUT2D eigenvalue weighted by atomic mass is 35.5. The number of benzene rings is 1. The Morgan fingerprint density at radius 2 is 1.62 bits per heavy atom. The number of halogens is 3. The third-order valence-corrected chi connectivity index (χ3v) is 10.4. The fraction of sp³-hybridized carbons (Fsp3) is 0.636. The predicted molar refractivity (Wildman–Crippen MR) is 124 cm³/mol. The van der Waals surface area contributed by atoms with Gasteiger partial charge in [0, 0.05) is 11.4 Å². The summed E-state index contributed by atoms with van der Waals surface area (Å²) in [4.78, 5) is 25.4. The van der Waals surface area contributed by atoms with E-state index in [0.717, 1.165) is 32.1 Å². The van der Waals surface area contributed by atoms with Crippen molar-refractivity contribution < 1.29 is 18.0 Å².